The quantitative estimate of drug-likeness (QED) is 0.879. The third-order valence-electron chi connectivity index (χ3n) is 2.85. The van der Waals surface area contributed by atoms with E-state index in [1.165, 1.54) is 0 Å². The molecule has 1 N–H and O–H groups in total. The van der Waals surface area contributed by atoms with Crippen LogP contribution in [0.25, 0.3) is 11.0 Å². The molecular formula is C14H19N3O. The van der Waals surface area contributed by atoms with Crippen LogP contribution in [0.3, 0.4) is 0 Å². The van der Waals surface area contributed by atoms with Crippen LogP contribution in [0.4, 0.5) is 5.69 Å². The molecule has 1 heterocycles. The number of hydrogen-bond donors (Lipinski definition) is 1. The fraction of sp³-hybridized carbons (Fsp3) is 0.429. The van der Waals surface area contributed by atoms with Gasteiger partial charge in [-0.05, 0) is 31.0 Å². The maximum Gasteiger partial charge on any atom is 0.224 e. The molecule has 0 atom stereocenters. The molecule has 0 saturated heterocycles. The van der Waals surface area contributed by atoms with Crippen molar-refractivity contribution in [3.8, 4) is 0 Å². The number of nitrogens with one attached hydrogen (secondary N) is 1. The number of anilines is 1. The topological polar surface area (TPSA) is 46.9 Å². The number of hydrogen-bond acceptors (Lipinski definition) is 2. The fourth-order valence-electron chi connectivity index (χ4n) is 2.01. The summed E-state index contributed by atoms with van der Waals surface area (Å²) in [6, 6.07) is 5.87. The second-order valence-electron chi connectivity index (χ2n) is 4.44. The van der Waals surface area contributed by atoms with E-state index in [0.29, 0.717) is 6.42 Å². The Morgan fingerprint density at radius 1 is 1.33 bits per heavy atom. The van der Waals surface area contributed by atoms with E-state index in [1.807, 2.05) is 31.5 Å². The van der Waals surface area contributed by atoms with Crippen molar-refractivity contribution < 1.29 is 4.79 Å². The van der Waals surface area contributed by atoms with Crippen molar-refractivity contribution in [2.45, 2.75) is 39.7 Å². The average Bonchev–Trinajstić information content (AvgIpc) is 2.73. The Morgan fingerprint density at radius 2 is 2.17 bits per heavy atom. The number of imidazole rings is 1. The number of rotatable bonds is 5. The Balaban J connectivity index is 2.20. The largest absolute Gasteiger partial charge is 0.331 e. The Morgan fingerprint density at radius 3 is 2.89 bits per heavy atom. The minimum atomic E-state index is 0.0600. The lowest BCUT2D eigenvalue weighted by molar-refractivity contribution is -0.116. The van der Waals surface area contributed by atoms with Gasteiger partial charge in [-0.25, -0.2) is 4.98 Å². The molecule has 0 fully saturated rings. The van der Waals surface area contributed by atoms with Crippen LogP contribution < -0.4 is 5.32 Å². The second kappa shape index (κ2) is 5.67. The second-order valence-corrected chi connectivity index (χ2v) is 4.44. The number of benzene rings is 1. The van der Waals surface area contributed by atoms with Crippen LogP contribution in [-0.2, 0) is 11.3 Å². The first-order valence-electron chi connectivity index (χ1n) is 6.49. The van der Waals surface area contributed by atoms with Gasteiger partial charge in [0.05, 0.1) is 17.4 Å². The van der Waals surface area contributed by atoms with Crippen molar-refractivity contribution in [2.75, 3.05) is 5.32 Å². The van der Waals surface area contributed by atoms with Gasteiger partial charge in [0.1, 0.15) is 0 Å². The highest BCUT2D eigenvalue weighted by molar-refractivity contribution is 5.93. The number of aromatic nitrogens is 2. The molecule has 0 bridgehead atoms. The van der Waals surface area contributed by atoms with Crippen molar-refractivity contribution in [3.63, 3.8) is 0 Å². The van der Waals surface area contributed by atoms with Crippen molar-refractivity contribution in [1.82, 2.24) is 9.55 Å². The molecule has 1 amide bonds. The first kappa shape index (κ1) is 12.6. The molecule has 4 nitrogen and oxygen atoms in total. The summed E-state index contributed by atoms with van der Waals surface area (Å²) in [6.07, 6.45) is 4.35. The molecule has 1 aromatic carbocycles. The summed E-state index contributed by atoms with van der Waals surface area (Å²) in [5, 5.41) is 2.89. The smallest absolute Gasteiger partial charge is 0.224 e. The van der Waals surface area contributed by atoms with Crippen LogP contribution >= 0.6 is 0 Å². The minimum absolute atomic E-state index is 0.0600. The summed E-state index contributed by atoms with van der Waals surface area (Å²) < 4.78 is 2.13. The molecule has 1 aromatic heterocycles. The van der Waals surface area contributed by atoms with E-state index in [4.69, 9.17) is 0 Å². The number of fused-ring (bicyclic) bond motifs is 1. The Labute approximate surface area is 107 Å². The van der Waals surface area contributed by atoms with E-state index in [0.717, 1.165) is 36.1 Å². The maximum absolute atomic E-state index is 11.5. The highest BCUT2D eigenvalue weighted by Gasteiger charge is 2.05. The predicted molar refractivity (Wildman–Crippen MR) is 73.6 cm³/mol. The lowest BCUT2D eigenvalue weighted by Gasteiger charge is -2.05. The van der Waals surface area contributed by atoms with E-state index in [1.54, 1.807) is 0 Å². The summed E-state index contributed by atoms with van der Waals surface area (Å²) in [5.74, 6) is 0.0600. The van der Waals surface area contributed by atoms with Crippen LogP contribution in [0.15, 0.2) is 24.5 Å². The molecular weight excluding hydrogens is 226 g/mol. The number of aryl methyl sites for hydroxylation is 1. The zero-order chi connectivity index (χ0) is 13.0. The zero-order valence-corrected chi connectivity index (χ0v) is 10.9. The van der Waals surface area contributed by atoms with Crippen molar-refractivity contribution >= 4 is 22.6 Å². The molecule has 0 spiro atoms. The van der Waals surface area contributed by atoms with E-state index in [2.05, 4.69) is 21.8 Å². The molecule has 18 heavy (non-hydrogen) atoms. The summed E-state index contributed by atoms with van der Waals surface area (Å²) >= 11 is 0. The molecule has 0 radical (unpaired) electrons. The summed E-state index contributed by atoms with van der Waals surface area (Å²) in [5.41, 5.74) is 2.87. The standard InChI is InChI=1S/C14H19N3O/c1-3-5-14(18)16-11-6-7-13-12(9-11)15-10-17(13)8-4-2/h6-7,9-10H,3-5,8H2,1-2H3,(H,16,18). The normalized spacial score (nSPS) is 10.8. The minimum Gasteiger partial charge on any atom is -0.331 e. The van der Waals surface area contributed by atoms with Gasteiger partial charge in [0, 0.05) is 18.7 Å². The van der Waals surface area contributed by atoms with E-state index in [-0.39, 0.29) is 5.91 Å². The zero-order valence-electron chi connectivity index (χ0n) is 10.9. The van der Waals surface area contributed by atoms with Gasteiger partial charge >= 0.3 is 0 Å². The molecule has 0 saturated carbocycles. The lowest BCUT2D eigenvalue weighted by Crippen LogP contribution is -2.10. The molecule has 2 aromatic rings. The molecule has 2 rings (SSSR count). The maximum atomic E-state index is 11.5. The third kappa shape index (κ3) is 2.70. The van der Waals surface area contributed by atoms with Gasteiger partial charge in [-0.15, -0.1) is 0 Å². The van der Waals surface area contributed by atoms with Gasteiger partial charge in [-0.3, -0.25) is 4.79 Å². The molecule has 0 unspecified atom stereocenters. The van der Waals surface area contributed by atoms with Crippen LogP contribution in [-0.4, -0.2) is 15.5 Å². The van der Waals surface area contributed by atoms with Crippen LogP contribution in [0, 0.1) is 0 Å². The Bertz CT molecular complexity index is 545. The SMILES string of the molecule is CCCC(=O)Nc1ccc2c(c1)ncn2CCC. The first-order valence-corrected chi connectivity index (χ1v) is 6.49. The van der Waals surface area contributed by atoms with Gasteiger partial charge in [-0.1, -0.05) is 13.8 Å². The third-order valence-corrected chi connectivity index (χ3v) is 2.85. The summed E-state index contributed by atoms with van der Waals surface area (Å²) in [6.45, 7) is 5.11. The van der Waals surface area contributed by atoms with Gasteiger partial charge < -0.3 is 9.88 Å². The van der Waals surface area contributed by atoms with Gasteiger partial charge in [0.25, 0.3) is 0 Å². The van der Waals surface area contributed by atoms with Gasteiger partial charge in [0.15, 0.2) is 0 Å². The summed E-state index contributed by atoms with van der Waals surface area (Å²) in [7, 11) is 0. The van der Waals surface area contributed by atoms with Gasteiger partial charge in [0.2, 0.25) is 5.91 Å². The number of amides is 1. The van der Waals surface area contributed by atoms with Crippen molar-refractivity contribution in [2.24, 2.45) is 0 Å². The Hall–Kier alpha value is -1.84. The highest BCUT2D eigenvalue weighted by atomic mass is 16.1. The number of nitrogens with zero attached hydrogens (tertiary/aromatic N) is 2. The first-order chi connectivity index (χ1) is 8.74. The summed E-state index contributed by atoms with van der Waals surface area (Å²) in [4.78, 5) is 15.9. The van der Waals surface area contributed by atoms with Crippen molar-refractivity contribution in [3.05, 3.63) is 24.5 Å². The van der Waals surface area contributed by atoms with Crippen LogP contribution in [0.5, 0.6) is 0 Å². The van der Waals surface area contributed by atoms with Crippen LogP contribution in [0.2, 0.25) is 0 Å². The van der Waals surface area contributed by atoms with E-state index >= 15 is 0 Å². The van der Waals surface area contributed by atoms with E-state index in [9.17, 15) is 4.79 Å². The van der Waals surface area contributed by atoms with E-state index < -0.39 is 0 Å². The molecule has 0 aliphatic heterocycles. The Kier molecular flexibility index (Phi) is 3.97. The molecule has 0 aliphatic carbocycles. The van der Waals surface area contributed by atoms with Gasteiger partial charge in [-0.2, -0.15) is 0 Å². The number of carbonyl (C=O) groups is 1. The predicted octanol–water partition coefficient (Wildman–Crippen LogP) is 3.18. The molecule has 0 aliphatic rings. The van der Waals surface area contributed by atoms with Crippen LogP contribution in [0.1, 0.15) is 33.1 Å². The fourth-order valence-corrected chi connectivity index (χ4v) is 2.01. The van der Waals surface area contributed by atoms with Crippen molar-refractivity contribution in [1.29, 1.82) is 0 Å². The average molecular weight is 245 g/mol. The molecule has 96 valence electrons. The highest BCUT2D eigenvalue weighted by Crippen LogP contribution is 2.18. The lowest BCUT2D eigenvalue weighted by atomic mass is 10.2. The monoisotopic (exact) mass is 245 g/mol. The molecule has 4 heteroatoms. The number of carbonyl (C=O) groups excluding carboxylic acids is 1.